The van der Waals surface area contributed by atoms with E-state index in [1.165, 1.54) is 30.2 Å². The molecule has 0 aliphatic rings. The topological polar surface area (TPSA) is 139 Å². The number of nitrogens with one attached hydrogen (secondary N) is 1. The molecule has 3 rings (SSSR count). The average Bonchev–Trinajstić information content (AvgIpc) is 2.96. The lowest BCUT2D eigenvalue weighted by atomic mass is 10.0. The molecule has 218 valence electrons. The third kappa shape index (κ3) is 8.77. The molecule has 0 spiro atoms. The molecule has 0 saturated heterocycles. The predicted octanol–water partition coefficient (Wildman–Crippen LogP) is 3.54. The van der Waals surface area contributed by atoms with Gasteiger partial charge >= 0.3 is 0 Å². The number of carbonyl (C=O) groups excluding carboxylic acids is 2. The molecule has 12 heteroatoms. The average molecular weight is 583 g/mol. The maximum Gasteiger partial charge on any atom is 0.271 e. The Bertz CT molecular complexity index is 1460. The van der Waals surface area contributed by atoms with E-state index in [1.807, 2.05) is 37.3 Å². The molecule has 1 N–H and O–H groups in total. The molecular formula is C29H34N4O7S. The molecule has 1 atom stereocenters. The molecular weight excluding hydrogens is 548 g/mol. The van der Waals surface area contributed by atoms with E-state index in [9.17, 15) is 28.1 Å². The zero-order valence-corrected chi connectivity index (χ0v) is 24.0. The molecule has 0 fully saturated rings. The third-order valence-electron chi connectivity index (χ3n) is 6.32. The summed E-state index contributed by atoms with van der Waals surface area (Å²) in [7, 11) is -2.53. The maximum absolute atomic E-state index is 14.0. The zero-order valence-electron chi connectivity index (χ0n) is 23.2. The molecule has 0 aromatic heterocycles. The number of nitrogens with zero attached hydrogens (tertiary/aromatic N) is 3. The van der Waals surface area contributed by atoms with Crippen LogP contribution in [-0.4, -0.2) is 62.6 Å². The lowest BCUT2D eigenvalue weighted by Crippen LogP contribution is -2.53. The number of amides is 2. The second kappa shape index (κ2) is 14.3. The van der Waals surface area contributed by atoms with E-state index < -0.39 is 33.4 Å². The summed E-state index contributed by atoms with van der Waals surface area (Å²) in [6.07, 6.45) is 1.78. The fraction of sp³-hybridized carbons (Fsp3) is 0.310. The number of sulfonamides is 1. The smallest absolute Gasteiger partial charge is 0.271 e. The number of anilines is 1. The van der Waals surface area contributed by atoms with E-state index in [0.29, 0.717) is 24.3 Å². The standard InChI is InChI=1S/C29H34N4O7S/c1-4-16-30-29(35)27(18-22-10-6-5-7-11-22)31(20-23-12-8-15-26(17-23)40-2)28(34)21-32(41(3,38)39)24-13-9-14-25(19-24)33(36)37/h5-15,17,19,27H,4,16,18,20-21H2,1-3H3,(H,30,35). The van der Waals surface area contributed by atoms with Crippen molar-refractivity contribution < 1.29 is 27.7 Å². The van der Waals surface area contributed by atoms with Crippen LogP contribution in [0.5, 0.6) is 5.75 Å². The van der Waals surface area contributed by atoms with Gasteiger partial charge in [-0.15, -0.1) is 0 Å². The van der Waals surface area contributed by atoms with Gasteiger partial charge in [0, 0.05) is 31.6 Å². The molecule has 0 aliphatic heterocycles. The van der Waals surface area contributed by atoms with Crippen molar-refractivity contribution in [3.05, 3.63) is 100 Å². The first-order valence-electron chi connectivity index (χ1n) is 13.0. The molecule has 0 bridgehead atoms. The number of ether oxygens (including phenoxy) is 1. The van der Waals surface area contributed by atoms with Gasteiger partial charge in [-0.25, -0.2) is 8.42 Å². The van der Waals surface area contributed by atoms with Crippen LogP contribution in [0.25, 0.3) is 0 Å². The monoisotopic (exact) mass is 582 g/mol. The molecule has 41 heavy (non-hydrogen) atoms. The van der Waals surface area contributed by atoms with Gasteiger partial charge in [0.15, 0.2) is 0 Å². The first-order valence-corrected chi connectivity index (χ1v) is 14.8. The highest BCUT2D eigenvalue weighted by atomic mass is 32.2. The van der Waals surface area contributed by atoms with Gasteiger partial charge < -0.3 is 15.0 Å². The summed E-state index contributed by atoms with van der Waals surface area (Å²) in [5.74, 6) is -0.482. The Morgan fingerprint density at radius 3 is 2.32 bits per heavy atom. The summed E-state index contributed by atoms with van der Waals surface area (Å²) < 4.78 is 31.8. The van der Waals surface area contributed by atoms with Gasteiger partial charge in [-0.2, -0.15) is 0 Å². The number of benzene rings is 3. The van der Waals surface area contributed by atoms with E-state index >= 15 is 0 Å². The Labute approximate surface area is 239 Å². The van der Waals surface area contributed by atoms with Gasteiger partial charge in [-0.05, 0) is 35.7 Å². The van der Waals surface area contributed by atoms with Crippen molar-refractivity contribution in [2.24, 2.45) is 0 Å². The van der Waals surface area contributed by atoms with Crippen molar-refractivity contribution in [2.75, 3.05) is 30.8 Å². The van der Waals surface area contributed by atoms with Crippen LogP contribution in [0.4, 0.5) is 11.4 Å². The molecule has 3 aromatic rings. The second-order valence-electron chi connectivity index (χ2n) is 9.42. The van der Waals surface area contributed by atoms with Crippen molar-refractivity contribution in [1.82, 2.24) is 10.2 Å². The minimum absolute atomic E-state index is 0.0143. The van der Waals surface area contributed by atoms with Crippen molar-refractivity contribution >= 4 is 33.2 Å². The van der Waals surface area contributed by atoms with Crippen LogP contribution in [-0.2, 0) is 32.6 Å². The van der Waals surface area contributed by atoms with E-state index in [2.05, 4.69) is 5.32 Å². The minimum atomic E-state index is -4.05. The van der Waals surface area contributed by atoms with Gasteiger partial charge in [0.1, 0.15) is 18.3 Å². The highest BCUT2D eigenvalue weighted by molar-refractivity contribution is 7.92. The van der Waals surface area contributed by atoms with Crippen LogP contribution in [0.15, 0.2) is 78.9 Å². The van der Waals surface area contributed by atoms with E-state index in [1.54, 1.807) is 24.3 Å². The Hall–Kier alpha value is -4.45. The molecule has 3 aromatic carbocycles. The number of rotatable bonds is 14. The molecule has 0 aliphatic carbocycles. The largest absolute Gasteiger partial charge is 0.497 e. The van der Waals surface area contributed by atoms with Gasteiger partial charge in [0.2, 0.25) is 21.8 Å². The summed E-state index contributed by atoms with van der Waals surface area (Å²) in [5.41, 5.74) is 1.12. The number of carbonyl (C=O) groups is 2. The highest BCUT2D eigenvalue weighted by Crippen LogP contribution is 2.25. The molecule has 2 amide bonds. The maximum atomic E-state index is 14.0. The fourth-order valence-electron chi connectivity index (χ4n) is 4.26. The Morgan fingerprint density at radius 2 is 1.68 bits per heavy atom. The van der Waals surface area contributed by atoms with Gasteiger partial charge in [0.05, 0.1) is 24.0 Å². The number of hydrogen-bond acceptors (Lipinski definition) is 7. The van der Waals surface area contributed by atoms with E-state index in [0.717, 1.165) is 22.2 Å². The van der Waals surface area contributed by atoms with Crippen LogP contribution in [0.2, 0.25) is 0 Å². The van der Waals surface area contributed by atoms with Crippen molar-refractivity contribution in [2.45, 2.75) is 32.4 Å². The lowest BCUT2D eigenvalue weighted by Gasteiger charge is -2.33. The first kappa shape index (κ1) is 31.1. The van der Waals surface area contributed by atoms with E-state index in [4.69, 9.17) is 4.74 Å². The minimum Gasteiger partial charge on any atom is -0.497 e. The molecule has 0 heterocycles. The van der Waals surface area contributed by atoms with Crippen molar-refractivity contribution in [3.8, 4) is 5.75 Å². The van der Waals surface area contributed by atoms with Crippen LogP contribution >= 0.6 is 0 Å². The number of non-ortho nitro benzene ring substituents is 1. The SMILES string of the molecule is CCCNC(=O)C(Cc1ccccc1)N(Cc1cccc(OC)c1)C(=O)CN(c1cccc([N+](=O)[O-])c1)S(C)(=O)=O. The van der Waals surface area contributed by atoms with Crippen LogP contribution in [0.3, 0.4) is 0 Å². The summed E-state index contributed by atoms with van der Waals surface area (Å²) in [4.78, 5) is 39.6. The van der Waals surface area contributed by atoms with E-state index in [-0.39, 0.29) is 30.2 Å². The van der Waals surface area contributed by atoms with Crippen molar-refractivity contribution in [3.63, 3.8) is 0 Å². The van der Waals surface area contributed by atoms with Crippen LogP contribution in [0, 0.1) is 10.1 Å². The number of nitro benzene ring substituents is 1. The molecule has 0 radical (unpaired) electrons. The summed E-state index contributed by atoms with van der Waals surface area (Å²) in [6.45, 7) is 1.62. The van der Waals surface area contributed by atoms with Gasteiger partial charge in [-0.3, -0.25) is 24.0 Å². The number of nitro groups is 1. The Balaban J connectivity index is 2.07. The second-order valence-corrected chi connectivity index (χ2v) is 11.3. The Kier molecular flexibility index (Phi) is 10.8. The molecule has 11 nitrogen and oxygen atoms in total. The number of hydrogen-bond donors (Lipinski definition) is 1. The Morgan fingerprint density at radius 1 is 1.00 bits per heavy atom. The third-order valence-corrected chi connectivity index (χ3v) is 7.46. The highest BCUT2D eigenvalue weighted by Gasteiger charge is 2.33. The quantitative estimate of drug-likeness (QED) is 0.227. The van der Waals surface area contributed by atoms with Crippen LogP contribution in [0.1, 0.15) is 24.5 Å². The van der Waals surface area contributed by atoms with Gasteiger partial charge in [0.25, 0.3) is 5.69 Å². The fourth-order valence-corrected chi connectivity index (χ4v) is 5.10. The predicted molar refractivity (Wildman–Crippen MR) is 156 cm³/mol. The first-order chi connectivity index (χ1) is 19.5. The number of methoxy groups -OCH3 is 1. The summed E-state index contributed by atoms with van der Waals surface area (Å²) in [6, 6.07) is 20.3. The molecule has 1 unspecified atom stereocenters. The van der Waals surface area contributed by atoms with Crippen LogP contribution < -0.4 is 14.4 Å². The van der Waals surface area contributed by atoms with Crippen molar-refractivity contribution in [1.29, 1.82) is 0 Å². The summed E-state index contributed by atoms with van der Waals surface area (Å²) in [5, 5.41) is 14.2. The van der Waals surface area contributed by atoms with Gasteiger partial charge in [-0.1, -0.05) is 55.5 Å². The summed E-state index contributed by atoms with van der Waals surface area (Å²) >= 11 is 0. The normalized spacial score (nSPS) is 11.8. The lowest BCUT2D eigenvalue weighted by molar-refractivity contribution is -0.384. The zero-order chi connectivity index (χ0) is 30.0. The molecule has 0 saturated carbocycles.